The predicted octanol–water partition coefficient (Wildman–Crippen LogP) is 2.44. The lowest BCUT2D eigenvalue weighted by atomic mass is 9.91. The van der Waals surface area contributed by atoms with Gasteiger partial charge in [-0.15, -0.1) is 6.58 Å². The van der Waals surface area contributed by atoms with E-state index in [2.05, 4.69) is 6.58 Å². The van der Waals surface area contributed by atoms with Crippen molar-refractivity contribution in [3.05, 3.63) is 35.9 Å². The minimum atomic E-state index is -0.645. The van der Waals surface area contributed by atoms with Crippen molar-refractivity contribution in [2.24, 2.45) is 0 Å². The average molecular weight is 292 g/mol. The summed E-state index contributed by atoms with van der Waals surface area (Å²) in [5, 5.41) is 0. The first kappa shape index (κ1) is 15.4. The van der Waals surface area contributed by atoms with Crippen LogP contribution in [0.3, 0.4) is 0 Å². The first-order valence-electron chi connectivity index (χ1n) is 6.74. The molecule has 0 saturated heterocycles. The molecule has 5 nitrogen and oxygen atoms in total. The number of carbonyl (C=O) groups excluding carboxylic acids is 1. The van der Waals surface area contributed by atoms with Gasteiger partial charge in [-0.2, -0.15) is 0 Å². The molecule has 0 saturated carbocycles. The van der Waals surface area contributed by atoms with Crippen LogP contribution in [0.5, 0.6) is 11.5 Å². The molecule has 2 unspecified atom stereocenters. The molecule has 0 N–H and O–H groups in total. The van der Waals surface area contributed by atoms with E-state index in [-0.39, 0.29) is 12.1 Å². The number of hydrogen-bond donors (Lipinski definition) is 0. The highest BCUT2D eigenvalue weighted by atomic mass is 16.6. The van der Waals surface area contributed by atoms with Gasteiger partial charge >= 0.3 is 5.97 Å². The number of benzene rings is 1. The third-order valence-corrected chi connectivity index (χ3v) is 3.60. The number of esters is 1. The highest BCUT2D eigenvalue weighted by Crippen LogP contribution is 2.43. The third-order valence-electron chi connectivity index (χ3n) is 3.60. The van der Waals surface area contributed by atoms with Gasteiger partial charge < -0.3 is 18.9 Å². The molecule has 21 heavy (non-hydrogen) atoms. The van der Waals surface area contributed by atoms with Crippen molar-refractivity contribution in [3.63, 3.8) is 0 Å². The zero-order chi connectivity index (χ0) is 15.4. The third kappa shape index (κ3) is 2.88. The van der Waals surface area contributed by atoms with Crippen LogP contribution in [0.2, 0.25) is 0 Å². The maximum atomic E-state index is 11.8. The molecule has 1 heterocycles. The minimum absolute atomic E-state index is 0.305. The Morgan fingerprint density at radius 3 is 2.57 bits per heavy atom. The molecule has 1 aromatic rings. The fraction of sp³-hybridized carbons (Fsp3) is 0.438. The number of fused-ring (bicyclic) bond motifs is 1. The van der Waals surface area contributed by atoms with Gasteiger partial charge in [0.1, 0.15) is 11.5 Å². The summed E-state index contributed by atoms with van der Waals surface area (Å²) in [6.45, 7) is 3.75. The SMILES string of the molecule is C=CCC1OC(C(=O)OC)Cc2c(OC)ccc(OC)c21. The smallest absolute Gasteiger partial charge is 0.335 e. The van der Waals surface area contributed by atoms with E-state index in [4.69, 9.17) is 18.9 Å². The maximum Gasteiger partial charge on any atom is 0.335 e. The molecular weight excluding hydrogens is 272 g/mol. The van der Waals surface area contributed by atoms with E-state index in [0.717, 1.165) is 22.6 Å². The van der Waals surface area contributed by atoms with Crippen LogP contribution in [0.25, 0.3) is 0 Å². The molecule has 0 spiro atoms. The van der Waals surface area contributed by atoms with Gasteiger partial charge in [0.15, 0.2) is 6.10 Å². The minimum Gasteiger partial charge on any atom is -0.496 e. The molecule has 0 amide bonds. The van der Waals surface area contributed by atoms with Gasteiger partial charge in [0.25, 0.3) is 0 Å². The van der Waals surface area contributed by atoms with E-state index in [1.807, 2.05) is 12.1 Å². The Morgan fingerprint density at radius 2 is 2.00 bits per heavy atom. The van der Waals surface area contributed by atoms with Crippen molar-refractivity contribution in [1.82, 2.24) is 0 Å². The molecule has 0 fully saturated rings. The molecular formula is C16H20O5. The summed E-state index contributed by atoms with van der Waals surface area (Å²) < 4.78 is 21.5. The number of methoxy groups -OCH3 is 3. The van der Waals surface area contributed by atoms with Crippen molar-refractivity contribution in [3.8, 4) is 11.5 Å². The Balaban J connectivity index is 2.52. The highest BCUT2D eigenvalue weighted by Gasteiger charge is 2.35. The quantitative estimate of drug-likeness (QED) is 0.616. The van der Waals surface area contributed by atoms with Crippen molar-refractivity contribution in [2.75, 3.05) is 21.3 Å². The first-order chi connectivity index (χ1) is 10.2. The number of rotatable bonds is 5. The molecule has 0 aliphatic carbocycles. The summed E-state index contributed by atoms with van der Waals surface area (Å²) in [6.07, 6.45) is 1.78. The van der Waals surface area contributed by atoms with Crippen LogP contribution in [0.4, 0.5) is 0 Å². The van der Waals surface area contributed by atoms with E-state index >= 15 is 0 Å². The molecule has 2 rings (SSSR count). The standard InChI is InChI=1S/C16H20O5/c1-5-6-13-15-10(9-14(21-13)16(17)20-4)11(18-2)7-8-12(15)19-3/h5,7-8,13-14H,1,6,9H2,2-4H3. The Bertz CT molecular complexity index is 538. The van der Waals surface area contributed by atoms with Gasteiger partial charge in [-0.1, -0.05) is 6.08 Å². The molecule has 0 bridgehead atoms. The Morgan fingerprint density at radius 1 is 1.33 bits per heavy atom. The lowest BCUT2D eigenvalue weighted by Gasteiger charge is -2.32. The molecule has 114 valence electrons. The van der Waals surface area contributed by atoms with Gasteiger partial charge in [0.05, 0.1) is 27.4 Å². The molecule has 0 aromatic heterocycles. The van der Waals surface area contributed by atoms with Crippen LogP contribution < -0.4 is 9.47 Å². The number of ether oxygens (including phenoxy) is 4. The summed E-state index contributed by atoms with van der Waals surface area (Å²) in [4.78, 5) is 11.8. The van der Waals surface area contributed by atoms with Gasteiger partial charge in [0, 0.05) is 17.5 Å². The molecule has 0 radical (unpaired) electrons. The van der Waals surface area contributed by atoms with Crippen LogP contribution in [-0.2, 0) is 20.7 Å². The fourth-order valence-corrected chi connectivity index (χ4v) is 2.65. The zero-order valence-corrected chi connectivity index (χ0v) is 12.5. The lowest BCUT2D eigenvalue weighted by molar-refractivity contribution is -0.159. The second-order valence-corrected chi connectivity index (χ2v) is 4.73. The van der Waals surface area contributed by atoms with Crippen molar-refractivity contribution in [2.45, 2.75) is 25.0 Å². The van der Waals surface area contributed by atoms with E-state index in [0.29, 0.717) is 12.8 Å². The fourth-order valence-electron chi connectivity index (χ4n) is 2.65. The Labute approximate surface area is 124 Å². The van der Waals surface area contributed by atoms with Crippen LogP contribution >= 0.6 is 0 Å². The van der Waals surface area contributed by atoms with Gasteiger partial charge in [-0.25, -0.2) is 4.79 Å². The number of carbonyl (C=O) groups is 1. The van der Waals surface area contributed by atoms with Gasteiger partial charge in [-0.05, 0) is 18.6 Å². The maximum absolute atomic E-state index is 11.8. The Hall–Kier alpha value is -2.01. The first-order valence-corrected chi connectivity index (χ1v) is 6.74. The molecule has 2 atom stereocenters. The van der Waals surface area contributed by atoms with E-state index in [1.54, 1.807) is 20.3 Å². The second kappa shape index (κ2) is 6.63. The average Bonchev–Trinajstić information content (AvgIpc) is 2.52. The summed E-state index contributed by atoms with van der Waals surface area (Å²) in [6, 6.07) is 3.68. The van der Waals surface area contributed by atoms with E-state index in [1.165, 1.54) is 7.11 Å². The van der Waals surface area contributed by atoms with Crippen LogP contribution in [0, 0.1) is 0 Å². The molecule has 5 heteroatoms. The highest BCUT2D eigenvalue weighted by molar-refractivity contribution is 5.76. The Kier molecular flexibility index (Phi) is 4.85. The second-order valence-electron chi connectivity index (χ2n) is 4.73. The van der Waals surface area contributed by atoms with E-state index < -0.39 is 6.10 Å². The van der Waals surface area contributed by atoms with Crippen LogP contribution in [-0.4, -0.2) is 33.4 Å². The zero-order valence-electron chi connectivity index (χ0n) is 12.5. The largest absolute Gasteiger partial charge is 0.496 e. The molecule has 1 aliphatic rings. The van der Waals surface area contributed by atoms with Crippen LogP contribution in [0.1, 0.15) is 23.7 Å². The normalized spacial score (nSPS) is 20.3. The van der Waals surface area contributed by atoms with Crippen molar-refractivity contribution in [1.29, 1.82) is 0 Å². The van der Waals surface area contributed by atoms with Gasteiger partial charge in [-0.3, -0.25) is 0 Å². The molecule has 1 aromatic carbocycles. The number of hydrogen-bond acceptors (Lipinski definition) is 5. The lowest BCUT2D eigenvalue weighted by Crippen LogP contribution is -2.34. The summed E-state index contributed by atoms with van der Waals surface area (Å²) >= 11 is 0. The monoisotopic (exact) mass is 292 g/mol. The van der Waals surface area contributed by atoms with Gasteiger partial charge in [0.2, 0.25) is 0 Å². The summed E-state index contributed by atoms with van der Waals surface area (Å²) in [5.74, 6) is 1.05. The van der Waals surface area contributed by atoms with Crippen LogP contribution in [0.15, 0.2) is 24.8 Å². The topological polar surface area (TPSA) is 54.0 Å². The van der Waals surface area contributed by atoms with Crippen molar-refractivity contribution >= 4 is 5.97 Å². The van der Waals surface area contributed by atoms with E-state index in [9.17, 15) is 4.79 Å². The summed E-state index contributed by atoms with van der Waals surface area (Å²) in [7, 11) is 4.57. The summed E-state index contributed by atoms with van der Waals surface area (Å²) in [5.41, 5.74) is 1.84. The predicted molar refractivity (Wildman–Crippen MR) is 77.7 cm³/mol. The molecule has 1 aliphatic heterocycles. The van der Waals surface area contributed by atoms with Crippen molar-refractivity contribution < 1.29 is 23.7 Å².